The molecule has 0 bridgehead atoms. The number of ether oxygens (including phenoxy) is 2. The van der Waals surface area contributed by atoms with Crippen LogP contribution >= 0.6 is 0 Å². The second-order valence-electron chi connectivity index (χ2n) is 13.6. The Kier molecular flexibility index (Phi) is 36.0. The monoisotopic (exact) mass is 677 g/mol. The molecule has 7 heteroatoms. The number of allylic oxidation sites excluding steroid dienone is 2. The van der Waals surface area contributed by atoms with Crippen LogP contribution in [0.3, 0.4) is 0 Å². The number of rotatable bonds is 36. The molecule has 0 aromatic carbocycles. The highest BCUT2D eigenvalue weighted by molar-refractivity contribution is 5.82. The first-order valence-electron chi connectivity index (χ1n) is 20.0. The minimum atomic E-state index is -0.202. The molecule has 0 aromatic rings. The van der Waals surface area contributed by atoms with Gasteiger partial charge in [-0.05, 0) is 97.7 Å². The lowest BCUT2D eigenvalue weighted by Gasteiger charge is -2.15. The first kappa shape index (κ1) is 45.9. The first-order valence-corrected chi connectivity index (χ1v) is 20.0. The van der Waals surface area contributed by atoms with Gasteiger partial charge in [0, 0.05) is 18.4 Å². The van der Waals surface area contributed by atoms with Crippen molar-refractivity contribution >= 4 is 18.2 Å². The molecule has 0 unspecified atom stereocenters. The molecule has 0 aromatic heterocycles. The van der Waals surface area contributed by atoms with Crippen molar-refractivity contribution in [2.24, 2.45) is 5.16 Å². The number of nitrogens with zero attached hydrogens (tertiary/aromatic N) is 2. The molecular formula is C41H76N2O5. The predicted molar refractivity (Wildman–Crippen MR) is 204 cm³/mol. The van der Waals surface area contributed by atoms with Gasteiger partial charge in [-0.3, -0.25) is 0 Å². The normalized spacial score (nSPS) is 12.0. The maximum absolute atomic E-state index is 11.8. The molecule has 0 saturated heterocycles. The zero-order valence-electron chi connectivity index (χ0n) is 31.9. The van der Waals surface area contributed by atoms with Crippen molar-refractivity contribution in [1.29, 1.82) is 0 Å². The Morgan fingerprint density at radius 1 is 0.562 bits per heavy atom. The molecule has 0 spiro atoms. The third-order valence-corrected chi connectivity index (χ3v) is 8.51. The Morgan fingerprint density at radius 3 is 1.46 bits per heavy atom. The number of hydrogen-bond donors (Lipinski definition) is 0. The van der Waals surface area contributed by atoms with Gasteiger partial charge >= 0.3 is 11.9 Å². The fourth-order valence-corrected chi connectivity index (χ4v) is 5.47. The Balaban J connectivity index is 4.03. The molecule has 0 saturated carbocycles. The number of carbonyl (C=O) groups is 2. The molecule has 0 amide bonds. The van der Waals surface area contributed by atoms with Crippen LogP contribution in [0.15, 0.2) is 29.5 Å². The van der Waals surface area contributed by atoms with E-state index in [4.69, 9.17) is 14.3 Å². The maximum Gasteiger partial charge on any atom is 0.330 e. The topological polar surface area (TPSA) is 77.4 Å². The van der Waals surface area contributed by atoms with E-state index in [-0.39, 0.29) is 18.0 Å². The summed E-state index contributed by atoms with van der Waals surface area (Å²) < 4.78 is 10.7. The molecule has 0 fully saturated rings. The summed E-state index contributed by atoms with van der Waals surface area (Å²) in [5.41, 5.74) is 0. The van der Waals surface area contributed by atoms with E-state index < -0.39 is 0 Å². The van der Waals surface area contributed by atoms with Gasteiger partial charge in [-0.2, -0.15) is 0 Å². The third-order valence-electron chi connectivity index (χ3n) is 8.51. The van der Waals surface area contributed by atoms with Crippen molar-refractivity contribution in [1.82, 2.24) is 4.90 Å². The largest absolute Gasteiger partial charge is 0.463 e. The average Bonchev–Trinajstić information content (AvgIpc) is 3.07. The Labute approximate surface area is 296 Å². The van der Waals surface area contributed by atoms with Crippen LogP contribution in [0.4, 0.5) is 0 Å². The minimum absolute atomic E-state index is 0.188. The SMILES string of the molecule is CCCCCC/C=C\C(=O)OCCCCCCCCC(CCCCCCCCOC(=O)/C=C\CCCCCC)O/N=C/CCCN(C)C. The van der Waals surface area contributed by atoms with Crippen molar-refractivity contribution in [3.63, 3.8) is 0 Å². The molecule has 0 heterocycles. The Bertz CT molecular complexity index is 744. The minimum Gasteiger partial charge on any atom is -0.463 e. The molecule has 0 aliphatic rings. The molecule has 0 aliphatic heterocycles. The summed E-state index contributed by atoms with van der Waals surface area (Å²) >= 11 is 0. The van der Waals surface area contributed by atoms with Crippen molar-refractivity contribution in [3.8, 4) is 0 Å². The summed E-state index contributed by atoms with van der Waals surface area (Å²) in [6.45, 7) is 6.51. The summed E-state index contributed by atoms with van der Waals surface area (Å²) in [6.07, 6.45) is 38.6. The maximum atomic E-state index is 11.8. The van der Waals surface area contributed by atoms with Crippen LogP contribution in [0, 0.1) is 0 Å². The van der Waals surface area contributed by atoms with E-state index in [1.807, 2.05) is 18.4 Å². The van der Waals surface area contributed by atoms with Crippen molar-refractivity contribution in [2.75, 3.05) is 33.9 Å². The van der Waals surface area contributed by atoms with E-state index in [9.17, 15) is 9.59 Å². The van der Waals surface area contributed by atoms with Crippen LogP contribution in [-0.4, -0.2) is 63.0 Å². The smallest absolute Gasteiger partial charge is 0.330 e. The molecule has 0 radical (unpaired) electrons. The average molecular weight is 677 g/mol. The van der Waals surface area contributed by atoms with Crippen molar-refractivity contribution in [2.45, 2.75) is 187 Å². The number of carbonyl (C=O) groups excluding carboxylic acids is 2. The standard InChI is InChI=1S/C41H76N2O5/c1-5-7-9-11-19-25-33-40(44)46-37-29-21-15-13-17-23-31-39(48-42-35-27-28-36-43(3)4)32-24-18-14-16-22-30-38-47-41(45)34-26-20-12-10-8-6-2/h25-26,33-35,39H,5-24,27-32,36-38H2,1-4H3/b33-25-,34-26-,42-35+. The van der Waals surface area contributed by atoms with Crippen LogP contribution in [-0.2, 0) is 23.9 Å². The van der Waals surface area contributed by atoms with Crippen molar-refractivity contribution in [3.05, 3.63) is 24.3 Å². The number of hydrogen-bond acceptors (Lipinski definition) is 7. The summed E-state index contributed by atoms with van der Waals surface area (Å²) in [5, 5.41) is 4.33. The number of esters is 2. The fourth-order valence-electron chi connectivity index (χ4n) is 5.47. The van der Waals surface area contributed by atoms with E-state index in [1.165, 1.54) is 77.0 Å². The predicted octanol–water partition coefficient (Wildman–Crippen LogP) is 11.3. The van der Waals surface area contributed by atoms with Crippen LogP contribution < -0.4 is 0 Å². The van der Waals surface area contributed by atoms with Gasteiger partial charge in [-0.1, -0.05) is 121 Å². The summed E-state index contributed by atoms with van der Waals surface area (Å²) in [5.74, 6) is -0.405. The lowest BCUT2D eigenvalue weighted by Crippen LogP contribution is -2.13. The zero-order valence-corrected chi connectivity index (χ0v) is 31.9. The molecule has 7 nitrogen and oxygen atoms in total. The summed E-state index contributed by atoms with van der Waals surface area (Å²) in [4.78, 5) is 31.8. The highest BCUT2D eigenvalue weighted by Crippen LogP contribution is 2.17. The first-order chi connectivity index (χ1) is 23.5. The molecule has 280 valence electrons. The van der Waals surface area contributed by atoms with Crippen LogP contribution in [0.25, 0.3) is 0 Å². The second-order valence-corrected chi connectivity index (χ2v) is 13.6. The highest BCUT2D eigenvalue weighted by Gasteiger charge is 2.10. The number of oxime groups is 1. The Morgan fingerprint density at radius 2 is 1.00 bits per heavy atom. The van der Waals surface area contributed by atoms with Crippen LogP contribution in [0.2, 0.25) is 0 Å². The van der Waals surface area contributed by atoms with E-state index in [2.05, 4.69) is 38.0 Å². The van der Waals surface area contributed by atoms with Gasteiger partial charge in [-0.25, -0.2) is 9.59 Å². The van der Waals surface area contributed by atoms with Crippen molar-refractivity contribution < 1.29 is 23.9 Å². The van der Waals surface area contributed by atoms with E-state index in [0.717, 1.165) is 96.4 Å². The number of unbranched alkanes of at least 4 members (excludes halogenated alkanes) is 19. The highest BCUT2D eigenvalue weighted by atomic mass is 16.6. The molecule has 0 aliphatic carbocycles. The molecule has 0 atom stereocenters. The Hall–Kier alpha value is -2.15. The van der Waals surface area contributed by atoms with Gasteiger partial charge in [0.15, 0.2) is 0 Å². The lowest BCUT2D eigenvalue weighted by molar-refractivity contribution is -0.138. The van der Waals surface area contributed by atoms with Gasteiger partial charge in [0.25, 0.3) is 0 Å². The third kappa shape index (κ3) is 36.7. The lowest BCUT2D eigenvalue weighted by atomic mass is 10.0. The van der Waals surface area contributed by atoms with Crippen LogP contribution in [0.1, 0.15) is 181 Å². The summed E-state index contributed by atoms with van der Waals surface area (Å²) in [6, 6.07) is 0. The summed E-state index contributed by atoms with van der Waals surface area (Å²) in [7, 11) is 4.19. The molecule has 0 rings (SSSR count). The van der Waals surface area contributed by atoms with E-state index in [1.54, 1.807) is 12.2 Å². The van der Waals surface area contributed by atoms with Gasteiger partial charge in [0.1, 0.15) is 6.10 Å². The van der Waals surface area contributed by atoms with Gasteiger partial charge < -0.3 is 19.2 Å². The second kappa shape index (κ2) is 37.7. The zero-order chi connectivity index (χ0) is 35.2. The van der Waals surface area contributed by atoms with Gasteiger partial charge in [0.05, 0.1) is 13.2 Å². The van der Waals surface area contributed by atoms with E-state index >= 15 is 0 Å². The quantitative estimate of drug-likeness (QED) is 0.0216. The van der Waals surface area contributed by atoms with Gasteiger partial charge in [0.2, 0.25) is 0 Å². The molecule has 0 N–H and O–H groups in total. The fraction of sp³-hybridized carbons (Fsp3) is 0.829. The molecule has 48 heavy (non-hydrogen) atoms. The van der Waals surface area contributed by atoms with Gasteiger partial charge in [-0.15, -0.1) is 0 Å². The van der Waals surface area contributed by atoms with E-state index in [0.29, 0.717) is 13.2 Å². The van der Waals surface area contributed by atoms with Crippen LogP contribution in [0.5, 0.6) is 0 Å². The molecular weight excluding hydrogens is 600 g/mol.